The summed E-state index contributed by atoms with van der Waals surface area (Å²) in [5.74, 6) is 0. The van der Waals surface area contributed by atoms with Crippen LogP contribution in [-0.2, 0) is 6.37 Å². The van der Waals surface area contributed by atoms with Gasteiger partial charge in [-0.15, -0.1) is 0 Å². The largest absolute Gasteiger partial charge is 0.261 e. The third kappa shape index (κ3) is 1.79. The summed E-state index contributed by atoms with van der Waals surface area (Å²) >= 11 is 2.85. The van der Waals surface area contributed by atoms with Crippen molar-refractivity contribution < 1.29 is 11.0 Å². The Kier molecular flexibility index (Phi) is 0.599. The number of pyridine rings is 1. The Morgan fingerprint density at radius 2 is 3.00 bits per heavy atom. The minimum absolute atomic E-state index is 0.138. The standard InChI is InChI=1S/C7H8BrN/c1-2-7-5-6(8)3-4-9-7/h3-5H,2H2,1H3/i1D3,2D2,3D,4D,5D. The van der Waals surface area contributed by atoms with Gasteiger partial charge in [-0.2, -0.15) is 0 Å². The molecule has 0 aliphatic heterocycles. The van der Waals surface area contributed by atoms with Crippen molar-refractivity contribution in [3.05, 3.63) is 28.4 Å². The fourth-order valence-corrected chi connectivity index (χ4v) is 0.632. The van der Waals surface area contributed by atoms with Gasteiger partial charge in [-0.25, -0.2) is 0 Å². The second-order valence-corrected chi connectivity index (χ2v) is 2.05. The summed E-state index contributed by atoms with van der Waals surface area (Å²) in [5.41, 5.74) is -0.662. The lowest BCUT2D eigenvalue weighted by Gasteiger charge is -1.93. The van der Waals surface area contributed by atoms with Gasteiger partial charge in [0.05, 0.1) is 4.11 Å². The number of rotatable bonds is 1. The predicted octanol–water partition coefficient (Wildman–Crippen LogP) is 2.41. The molecule has 0 aliphatic carbocycles. The average Bonchev–Trinajstić information content (AvgIpc) is 2.18. The van der Waals surface area contributed by atoms with Crippen molar-refractivity contribution in [1.29, 1.82) is 0 Å². The summed E-state index contributed by atoms with van der Waals surface area (Å²) in [5, 5.41) is 0. The van der Waals surface area contributed by atoms with Gasteiger partial charge in [-0.05, 0) is 18.5 Å². The van der Waals surface area contributed by atoms with Gasteiger partial charge >= 0.3 is 0 Å². The molecule has 0 aliphatic rings. The van der Waals surface area contributed by atoms with Crippen LogP contribution < -0.4 is 0 Å². The van der Waals surface area contributed by atoms with Crippen LogP contribution in [0.5, 0.6) is 0 Å². The van der Waals surface area contributed by atoms with Crippen molar-refractivity contribution in [1.82, 2.24) is 4.98 Å². The number of nitrogens with zero attached hydrogens (tertiary/aromatic N) is 1. The Labute approximate surface area is 74.5 Å². The van der Waals surface area contributed by atoms with Gasteiger partial charge in [0, 0.05) is 23.2 Å². The molecule has 1 nitrogen and oxygen atoms in total. The van der Waals surface area contributed by atoms with Gasteiger partial charge in [0.1, 0.15) is 0 Å². The maximum absolute atomic E-state index is 7.57. The van der Waals surface area contributed by atoms with Crippen LogP contribution in [0.4, 0.5) is 0 Å². The fourth-order valence-electron chi connectivity index (χ4n) is 0.355. The van der Waals surface area contributed by atoms with Gasteiger partial charge in [0.15, 0.2) is 0 Å². The summed E-state index contributed by atoms with van der Waals surface area (Å²) in [4.78, 5) is 3.40. The number of hydrogen-bond acceptors (Lipinski definition) is 1. The maximum Gasteiger partial charge on any atom is 0.0840 e. The van der Waals surface area contributed by atoms with E-state index in [0.717, 1.165) is 0 Å². The van der Waals surface area contributed by atoms with E-state index in [2.05, 4.69) is 20.9 Å². The predicted molar refractivity (Wildman–Crippen MR) is 41.3 cm³/mol. The van der Waals surface area contributed by atoms with Crippen LogP contribution in [0.2, 0.25) is 0 Å². The molecule has 0 fully saturated rings. The van der Waals surface area contributed by atoms with Gasteiger partial charge in [0.25, 0.3) is 0 Å². The van der Waals surface area contributed by atoms with Gasteiger partial charge in [-0.1, -0.05) is 22.8 Å². The molecule has 0 atom stereocenters. The quantitative estimate of drug-likeness (QED) is 0.668. The SMILES string of the molecule is [2H]c1nc(C([2H])([2H])C([2H])([2H])[2H])c([2H])c(Br)c1[2H]. The first-order valence-electron chi connectivity index (χ1n) is 6.14. The highest BCUT2D eigenvalue weighted by molar-refractivity contribution is 9.10. The van der Waals surface area contributed by atoms with Crippen LogP contribution >= 0.6 is 15.9 Å². The zero-order valence-electron chi connectivity index (χ0n) is 12.3. The van der Waals surface area contributed by atoms with E-state index in [4.69, 9.17) is 11.0 Å². The first kappa shape index (κ1) is 1.82. The molecule has 1 heterocycles. The Hall–Kier alpha value is -0.370. The molecule has 0 saturated heterocycles. The van der Waals surface area contributed by atoms with Crippen LogP contribution in [0.3, 0.4) is 0 Å². The molecule has 0 radical (unpaired) electrons. The van der Waals surface area contributed by atoms with Gasteiger partial charge in [-0.3, -0.25) is 4.98 Å². The topological polar surface area (TPSA) is 12.9 Å². The molecule has 0 saturated carbocycles. The van der Waals surface area contributed by atoms with E-state index in [1.807, 2.05) is 0 Å². The first-order chi connectivity index (χ1) is 7.50. The summed E-state index contributed by atoms with van der Waals surface area (Å²) in [7, 11) is 0. The minimum Gasteiger partial charge on any atom is -0.261 e. The molecule has 1 aromatic heterocycles. The number of hydrogen-bond donors (Lipinski definition) is 0. The zero-order valence-corrected chi connectivity index (χ0v) is 5.91. The maximum atomic E-state index is 7.57. The highest BCUT2D eigenvalue weighted by atomic mass is 79.9. The number of halogens is 1. The summed E-state index contributed by atoms with van der Waals surface area (Å²) in [6.45, 7) is -2.99. The molecule has 0 spiro atoms. The van der Waals surface area contributed by atoms with Crippen LogP contribution in [0.1, 0.15) is 23.5 Å². The number of aryl methyl sites for hydroxylation is 1. The highest BCUT2D eigenvalue weighted by Gasteiger charge is 1.88. The molecule has 0 bridgehead atoms. The normalized spacial score (nSPS) is 25.4. The zero-order chi connectivity index (χ0) is 13.6. The lowest BCUT2D eigenvalue weighted by molar-refractivity contribution is 1.03. The molecule has 9 heavy (non-hydrogen) atoms. The van der Waals surface area contributed by atoms with Crippen molar-refractivity contribution in [2.45, 2.75) is 13.2 Å². The fraction of sp³-hybridized carbons (Fsp3) is 0.286. The Morgan fingerprint density at radius 1 is 2.11 bits per heavy atom. The second-order valence-electron chi connectivity index (χ2n) is 1.26. The van der Waals surface area contributed by atoms with E-state index in [0.29, 0.717) is 0 Å². The first-order valence-corrected chi connectivity index (χ1v) is 2.93. The van der Waals surface area contributed by atoms with Crippen molar-refractivity contribution in [3.63, 3.8) is 0 Å². The average molecular weight is 194 g/mol. The second kappa shape index (κ2) is 2.97. The Balaban J connectivity index is 3.54. The lowest BCUT2D eigenvalue weighted by Crippen LogP contribution is -1.83. The van der Waals surface area contributed by atoms with E-state index >= 15 is 0 Å². The van der Waals surface area contributed by atoms with Crippen LogP contribution in [0.15, 0.2) is 22.7 Å². The molecular weight excluding hydrogens is 178 g/mol. The van der Waals surface area contributed by atoms with Crippen molar-refractivity contribution >= 4 is 15.9 Å². The monoisotopic (exact) mass is 193 g/mol. The van der Waals surface area contributed by atoms with Crippen molar-refractivity contribution in [2.75, 3.05) is 0 Å². The van der Waals surface area contributed by atoms with Crippen LogP contribution in [0, 0.1) is 0 Å². The summed E-state index contributed by atoms with van der Waals surface area (Å²) in [6, 6.07) is -0.896. The molecule has 1 rings (SSSR count). The number of aromatic nitrogens is 1. The molecule has 1 aromatic rings. The molecule has 2 heteroatoms. The van der Waals surface area contributed by atoms with Gasteiger partial charge < -0.3 is 0 Å². The third-order valence-corrected chi connectivity index (χ3v) is 1.08. The third-order valence-electron chi connectivity index (χ3n) is 0.680. The van der Waals surface area contributed by atoms with E-state index in [9.17, 15) is 0 Å². The van der Waals surface area contributed by atoms with E-state index in [1.54, 1.807) is 0 Å². The molecular formula is C7H8BrN. The van der Waals surface area contributed by atoms with E-state index < -0.39 is 31.1 Å². The summed E-state index contributed by atoms with van der Waals surface area (Å²) < 4.78 is 58.3. The highest BCUT2D eigenvalue weighted by Crippen LogP contribution is 2.08. The summed E-state index contributed by atoms with van der Waals surface area (Å²) in [6.07, 6.45) is -3.41. The van der Waals surface area contributed by atoms with Crippen molar-refractivity contribution in [2.24, 2.45) is 0 Å². The molecule has 0 aromatic carbocycles. The molecule has 0 amide bonds. The lowest BCUT2D eigenvalue weighted by atomic mass is 10.3. The Bertz CT molecular complexity index is 454. The van der Waals surface area contributed by atoms with E-state index in [-0.39, 0.29) is 10.5 Å². The smallest absolute Gasteiger partial charge is 0.0840 e. The van der Waals surface area contributed by atoms with Crippen LogP contribution in [-0.4, -0.2) is 4.98 Å². The molecule has 48 valence electrons. The molecule has 0 unspecified atom stereocenters. The molecule has 0 N–H and O–H groups in total. The Morgan fingerprint density at radius 3 is 3.78 bits per heavy atom. The van der Waals surface area contributed by atoms with Crippen LogP contribution in [0.25, 0.3) is 0 Å². The van der Waals surface area contributed by atoms with E-state index in [1.165, 1.54) is 0 Å². The van der Waals surface area contributed by atoms with Crippen molar-refractivity contribution in [3.8, 4) is 0 Å². The minimum atomic E-state index is -2.99. The van der Waals surface area contributed by atoms with Gasteiger partial charge in [0.2, 0.25) is 0 Å².